The van der Waals surface area contributed by atoms with Crippen molar-refractivity contribution in [1.82, 2.24) is 0 Å². The van der Waals surface area contributed by atoms with E-state index in [1.54, 1.807) is 0 Å². The van der Waals surface area contributed by atoms with Crippen LogP contribution >= 0.6 is 30.9 Å². The Labute approximate surface area is 445 Å². The average molecular weight is 1350 g/mol. The quantitative estimate of drug-likeness (QED) is 0.0194. The summed E-state index contributed by atoms with van der Waals surface area (Å²) in [6.07, 6.45) is 12.1. The Kier molecular flexibility index (Phi) is 39.2. The topological polar surface area (TPSA) is 88.4 Å². The van der Waals surface area contributed by atoms with Gasteiger partial charge in [0.2, 0.25) is 0 Å². The Morgan fingerprint density at radius 1 is 0.729 bits per heavy atom. The van der Waals surface area contributed by atoms with E-state index >= 15 is 0 Å². The van der Waals surface area contributed by atoms with E-state index in [2.05, 4.69) is 13.8 Å². The molecule has 0 saturated heterocycles. The summed E-state index contributed by atoms with van der Waals surface area (Å²) in [6, 6.07) is 0. The number of hydrogen-bond acceptors (Lipinski definition) is 7. The van der Waals surface area contributed by atoms with Gasteiger partial charge >= 0.3 is 0 Å². The summed E-state index contributed by atoms with van der Waals surface area (Å²) < 4.78 is 119. The number of hydrogen-bond donors (Lipinski definition) is 3. The van der Waals surface area contributed by atoms with Crippen LogP contribution in [-0.4, -0.2) is 89.6 Å². The zero-order valence-electron chi connectivity index (χ0n) is 41.8. The number of aliphatic hydroxyl groups excluding tert-OH is 3. The van der Waals surface area contributed by atoms with Gasteiger partial charge in [-0.15, -0.1) is 0 Å². The molecule has 0 heterocycles. The Morgan fingerprint density at radius 3 is 1.58 bits per heavy atom. The number of aliphatic hydroxyl groups is 3. The van der Waals surface area contributed by atoms with Gasteiger partial charge in [-0.1, -0.05) is 105 Å². The molecule has 0 amide bonds. The summed E-state index contributed by atoms with van der Waals surface area (Å²) in [6.45, 7) is 8.07. The van der Waals surface area contributed by atoms with E-state index in [0.29, 0.717) is 51.4 Å². The van der Waals surface area contributed by atoms with Gasteiger partial charge in [-0.05, 0) is 95.4 Å². The van der Waals surface area contributed by atoms with E-state index in [1.807, 2.05) is 13.8 Å². The van der Waals surface area contributed by atoms with Crippen LogP contribution in [0.5, 0.6) is 0 Å². The summed E-state index contributed by atoms with van der Waals surface area (Å²) in [7, 11) is -2.99. The standard InChI is InChI=1S/C21H42BF2O3PS.C20H39F2O3P.CH3F.2Ac/c1-3-5-7-8-9-10-16-17(19(26-28)14-18(16)25)11-12-20(27-29-15-22)21(23,24)13-6-4-2;1-3-5-7-8-9-10-15-16(18(25-26)14-17(15)23)11-12-19(24)20(21,22)13-6-4-2;1-2;;/h16-20,25H,3-15,22,28H2,1-2H3;15-19,23-24H,3-14,26H2,1-2H3;1H3;;/t16-,17-,18+,19-,20?;15-,16-,17+,18-,19?;;;/m11.../s1/i22TD,28T;26T;1D;;/t16-,17-,18+,19-,20?,28?;15-,16-,17+,18-,19?,26?;;;. The molecule has 2 aliphatic carbocycles. The van der Waals surface area contributed by atoms with Gasteiger partial charge in [0.15, 0.2) is 0 Å². The molecule has 2 rings (SSSR count). The van der Waals surface area contributed by atoms with E-state index in [-0.39, 0.29) is 155 Å². The second-order valence-corrected chi connectivity index (χ2v) is 17.5. The summed E-state index contributed by atoms with van der Waals surface area (Å²) in [4.78, 5) is 0. The van der Waals surface area contributed by atoms with Gasteiger partial charge in [0, 0.05) is 133 Å². The molecule has 3 N–H and O–H groups in total. The van der Waals surface area contributed by atoms with Gasteiger partial charge in [-0.25, -0.2) is 17.6 Å². The van der Waals surface area contributed by atoms with Crippen LogP contribution in [0.1, 0.15) is 183 Å². The third kappa shape index (κ3) is 27.2. The molecule has 0 aromatic carbocycles. The molecule has 348 valence electrons. The predicted octanol–water partition coefficient (Wildman–Crippen LogP) is 11.8. The van der Waals surface area contributed by atoms with Crippen molar-refractivity contribution in [2.24, 2.45) is 23.7 Å². The molecule has 2 fully saturated rings. The first-order chi connectivity index (χ1) is 29.5. The minimum absolute atomic E-state index is 0. The summed E-state index contributed by atoms with van der Waals surface area (Å²) in [5.74, 6) is -6.14. The van der Waals surface area contributed by atoms with E-state index < -0.39 is 70.0 Å². The van der Waals surface area contributed by atoms with Crippen molar-refractivity contribution in [1.29, 1.82) is 5.23 Å². The second kappa shape index (κ2) is 40.6. The zero-order valence-corrected chi connectivity index (χ0v) is 49.1. The third-order valence-corrected chi connectivity index (χ3v) is 13.2. The molecule has 59 heavy (non-hydrogen) atoms. The monoisotopic (exact) mass is 1350 g/mol. The molecule has 6 nitrogen and oxygen atoms in total. The number of unbranched alkanes of at least 4 members (excludes halogenated alkanes) is 10. The fourth-order valence-electron chi connectivity index (χ4n) is 8.66. The van der Waals surface area contributed by atoms with Crippen LogP contribution in [0.25, 0.3) is 0 Å². The van der Waals surface area contributed by atoms with Crippen LogP contribution in [0.4, 0.5) is 22.0 Å². The van der Waals surface area contributed by atoms with Gasteiger partial charge in [0.25, 0.3) is 11.8 Å². The Bertz CT molecular complexity index is 1070. The fraction of sp³-hybridized carbons (Fsp3) is 1.00. The largest absolute Gasteiger partial charge is 0.393 e. The van der Waals surface area contributed by atoms with Gasteiger partial charge in [-0.3, -0.25) is 4.39 Å². The molecule has 0 aliphatic heterocycles. The molecule has 17 heteroatoms. The van der Waals surface area contributed by atoms with Gasteiger partial charge in [-0.2, -0.15) is 0 Å². The molecule has 4 unspecified atom stereocenters. The average Bonchev–Trinajstić information content (AvgIpc) is 3.69. The molecular formula is C42H84Ac2BF5O6P2S. The minimum Gasteiger partial charge on any atom is -0.393 e. The van der Waals surface area contributed by atoms with Crippen LogP contribution in [-0.2, 0) is 13.2 Å². The van der Waals surface area contributed by atoms with Gasteiger partial charge in [0.1, 0.15) is 20.0 Å². The van der Waals surface area contributed by atoms with Crippen molar-refractivity contribution >= 4 is 38.6 Å². The third-order valence-electron chi connectivity index (χ3n) is 12.0. The molecule has 2 radical (unpaired) electrons. The molecule has 0 bridgehead atoms. The Balaban J connectivity index is -0.00000108. The summed E-state index contributed by atoms with van der Waals surface area (Å²) in [5.41, 5.74) is 0.0224. The van der Waals surface area contributed by atoms with E-state index in [1.165, 1.54) is 38.5 Å². The van der Waals surface area contributed by atoms with Crippen molar-refractivity contribution in [2.45, 2.75) is 230 Å². The van der Waals surface area contributed by atoms with Crippen LogP contribution in [0.2, 0.25) is 0 Å². The molecule has 0 aromatic rings. The maximum Gasteiger partial charge on any atom is 0.275 e. The van der Waals surface area contributed by atoms with E-state index in [4.69, 9.17) is 19.8 Å². The number of alkyl halides is 5. The van der Waals surface area contributed by atoms with Gasteiger partial charge < -0.3 is 28.6 Å². The summed E-state index contributed by atoms with van der Waals surface area (Å²) >= 11 is 0.782. The van der Waals surface area contributed by atoms with E-state index in [0.717, 1.165) is 50.6 Å². The summed E-state index contributed by atoms with van der Waals surface area (Å²) in [5, 5.41) is 31.1. The Hall–Kier alpha value is 3.57. The molecule has 0 aromatic heterocycles. The SMILES string of the molecule is [2H]B([3H])CSOC(CC[C@@H]1[C@@H](CCCCCCC)[C@@H](O)C[C@H]1OP[3H])C(F)(F)CCCC.[2H]CF.[3H]PO[C@@H]1C[C@H](O)[C@H](CCCCCCC)[C@H]1CCC(O)C(F)(F)CCCC.[Ac].[Ac]. The van der Waals surface area contributed by atoms with Gasteiger partial charge in [0.05, 0.1) is 35.5 Å². The maximum atomic E-state index is 14.9. The zero-order chi connectivity index (χ0) is 47.0. The van der Waals surface area contributed by atoms with E-state index in [9.17, 15) is 37.3 Å². The minimum atomic E-state index is -3.06. The van der Waals surface area contributed by atoms with Crippen molar-refractivity contribution in [3.8, 4) is 0 Å². The molecule has 2 aliphatic rings. The van der Waals surface area contributed by atoms with Crippen LogP contribution in [0.15, 0.2) is 0 Å². The van der Waals surface area contributed by atoms with Crippen LogP contribution in [0, 0.1) is 112 Å². The molecule has 2 saturated carbocycles. The van der Waals surface area contributed by atoms with Crippen molar-refractivity contribution in [3.63, 3.8) is 0 Å². The first-order valence-corrected chi connectivity index (χ1v) is 23.7. The van der Waals surface area contributed by atoms with Crippen molar-refractivity contribution in [2.75, 3.05) is 12.8 Å². The predicted molar refractivity (Wildman–Crippen MR) is 237 cm³/mol. The van der Waals surface area contributed by atoms with Crippen LogP contribution in [0.3, 0.4) is 0 Å². The first-order valence-electron chi connectivity index (χ1n) is 24.8. The molecule has 12 atom stereocenters. The molecule has 0 spiro atoms. The first kappa shape index (κ1) is 56.9. The fourth-order valence-corrected chi connectivity index (χ4v) is 9.68. The Morgan fingerprint density at radius 2 is 1.15 bits per heavy atom. The maximum absolute atomic E-state index is 14.9. The second-order valence-electron chi connectivity index (χ2n) is 16.2. The smallest absolute Gasteiger partial charge is 0.275 e. The molecular weight excluding hydrogens is 1250 g/mol. The van der Waals surface area contributed by atoms with Crippen LogP contribution < -0.4 is 0 Å². The number of rotatable bonds is 34. The van der Waals surface area contributed by atoms with Crippen molar-refractivity contribution in [3.05, 3.63) is 0 Å². The number of halogens is 5. The normalized spacial score (nSPS) is 26.7. The van der Waals surface area contributed by atoms with Crippen molar-refractivity contribution < 1.29 is 140 Å².